The normalized spacial score (nSPS) is 16.1. The molecule has 2 unspecified atom stereocenters. The summed E-state index contributed by atoms with van der Waals surface area (Å²) in [6, 6.07) is 10.3. The average molecular weight is 216 g/mol. The molecule has 0 fully saturated rings. The minimum Gasteiger partial charge on any atom is -0.329 e. The molecule has 2 nitrogen and oxygen atoms in total. The lowest BCUT2D eigenvalue weighted by molar-refractivity contribution is 0.348. The topological polar surface area (TPSA) is 38.0 Å². The van der Waals surface area contributed by atoms with Gasteiger partial charge in [-0.05, 0) is 25.8 Å². The van der Waals surface area contributed by atoms with Gasteiger partial charge in [-0.25, -0.2) is 0 Å². The first-order chi connectivity index (χ1) is 7.59. The van der Waals surface area contributed by atoms with Crippen LogP contribution in [0.5, 0.6) is 0 Å². The molecule has 1 aromatic carbocycles. The van der Waals surface area contributed by atoms with Gasteiger partial charge in [-0.3, -0.25) is 5.32 Å². The van der Waals surface area contributed by atoms with E-state index in [9.17, 15) is 0 Å². The van der Waals surface area contributed by atoms with Crippen LogP contribution in [0.3, 0.4) is 0 Å². The fraction of sp³-hybridized carbons (Fsp3) is 0.429. The molecule has 0 bridgehead atoms. The molecule has 86 valence electrons. The Balaban J connectivity index is 2.71. The van der Waals surface area contributed by atoms with E-state index in [4.69, 9.17) is 12.2 Å². The third-order valence-electron chi connectivity index (χ3n) is 2.70. The predicted molar refractivity (Wildman–Crippen MR) is 69.0 cm³/mol. The Bertz CT molecular complexity index is 353. The van der Waals surface area contributed by atoms with Crippen molar-refractivity contribution in [2.45, 2.75) is 31.8 Å². The first-order valence-corrected chi connectivity index (χ1v) is 5.57. The van der Waals surface area contributed by atoms with E-state index in [2.05, 4.69) is 30.3 Å². The van der Waals surface area contributed by atoms with E-state index >= 15 is 0 Å². The maximum atomic E-state index is 5.83. The second-order valence-electron chi connectivity index (χ2n) is 4.46. The molecule has 1 rings (SSSR count). The first-order valence-electron chi connectivity index (χ1n) is 5.57. The number of rotatable bonds is 5. The second-order valence-corrected chi connectivity index (χ2v) is 4.46. The molecule has 0 aliphatic heterocycles. The molecule has 0 aromatic heterocycles. The highest BCUT2D eigenvalue weighted by molar-refractivity contribution is 5.18. The molecule has 1 aromatic rings. The third-order valence-corrected chi connectivity index (χ3v) is 2.70. The Morgan fingerprint density at radius 3 is 2.56 bits per heavy atom. The van der Waals surface area contributed by atoms with Crippen molar-refractivity contribution in [2.75, 3.05) is 6.54 Å². The Kier molecular flexibility index (Phi) is 4.54. The number of benzene rings is 1. The zero-order valence-electron chi connectivity index (χ0n) is 10.0. The largest absolute Gasteiger partial charge is 0.329 e. The van der Waals surface area contributed by atoms with Crippen LogP contribution in [0, 0.1) is 12.3 Å². The molecule has 0 aliphatic carbocycles. The summed E-state index contributed by atoms with van der Waals surface area (Å²) in [5, 5.41) is 3.38. The van der Waals surface area contributed by atoms with Gasteiger partial charge in [0.25, 0.3) is 0 Å². The van der Waals surface area contributed by atoms with Crippen molar-refractivity contribution in [2.24, 2.45) is 5.73 Å². The smallest absolute Gasteiger partial charge is 0.0663 e. The minimum absolute atomic E-state index is 0.0391. The van der Waals surface area contributed by atoms with Gasteiger partial charge in [-0.15, -0.1) is 6.42 Å². The molecule has 3 N–H and O–H groups in total. The first kappa shape index (κ1) is 12.8. The average Bonchev–Trinajstić information content (AvgIpc) is 2.30. The van der Waals surface area contributed by atoms with Crippen LogP contribution in [0.15, 0.2) is 30.3 Å². The summed E-state index contributed by atoms with van der Waals surface area (Å²) in [6.45, 7) is 4.64. The van der Waals surface area contributed by atoms with E-state index in [0.717, 1.165) is 6.42 Å². The monoisotopic (exact) mass is 216 g/mol. The third kappa shape index (κ3) is 3.69. The van der Waals surface area contributed by atoms with E-state index in [-0.39, 0.29) is 11.6 Å². The molecule has 0 radical (unpaired) electrons. The van der Waals surface area contributed by atoms with Crippen molar-refractivity contribution in [3.05, 3.63) is 35.9 Å². The van der Waals surface area contributed by atoms with E-state index in [1.807, 2.05) is 25.1 Å². The standard InChI is InChI=1S/C14H20N2/c1-4-12(2)16-14(3,11-15)10-13-8-6-5-7-9-13/h1,5-9,12,16H,10-11,15H2,2-3H3. The Morgan fingerprint density at radius 1 is 1.44 bits per heavy atom. The van der Waals surface area contributed by atoms with Gasteiger partial charge in [-0.2, -0.15) is 0 Å². The van der Waals surface area contributed by atoms with Gasteiger partial charge in [0.1, 0.15) is 0 Å². The minimum atomic E-state index is -0.146. The van der Waals surface area contributed by atoms with Crippen LogP contribution in [0.2, 0.25) is 0 Å². The molecule has 0 saturated carbocycles. The zero-order valence-corrected chi connectivity index (χ0v) is 10.0. The van der Waals surface area contributed by atoms with Crippen LogP contribution in [0.25, 0.3) is 0 Å². The van der Waals surface area contributed by atoms with Gasteiger partial charge in [0.15, 0.2) is 0 Å². The lowest BCUT2D eigenvalue weighted by atomic mass is 9.92. The zero-order chi connectivity index (χ0) is 12.0. The number of nitrogens with two attached hydrogens (primary N) is 1. The van der Waals surface area contributed by atoms with Crippen LogP contribution >= 0.6 is 0 Å². The molecular weight excluding hydrogens is 196 g/mol. The summed E-state index contributed by atoms with van der Waals surface area (Å²) in [6.07, 6.45) is 6.26. The Labute approximate surface area is 98.2 Å². The molecule has 0 saturated heterocycles. The highest BCUT2D eigenvalue weighted by Gasteiger charge is 2.23. The van der Waals surface area contributed by atoms with E-state index in [0.29, 0.717) is 6.54 Å². The van der Waals surface area contributed by atoms with Gasteiger partial charge < -0.3 is 5.73 Å². The Hall–Kier alpha value is -1.30. The molecule has 0 heterocycles. The van der Waals surface area contributed by atoms with Crippen molar-refractivity contribution in [1.82, 2.24) is 5.32 Å². The highest BCUT2D eigenvalue weighted by atomic mass is 15.0. The van der Waals surface area contributed by atoms with Crippen LogP contribution < -0.4 is 11.1 Å². The van der Waals surface area contributed by atoms with Gasteiger partial charge in [0.05, 0.1) is 6.04 Å². The van der Waals surface area contributed by atoms with Gasteiger partial charge in [0, 0.05) is 12.1 Å². The highest BCUT2D eigenvalue weighted by Crippen LogP contribution is 2.12. The molecule has 0 amide bonds. The summed E-state index contributed by atoms with van der Waals surface area (Å²) in [5.41, 5.74) is 6.95. The quantitative estimate of drug-likeness (QED) is 0.733. The van der Waals surface area contributed by atoms with Crippen LogP contribution in [-0.2, 0) is 6.42 Å². The number of nitrogens with one attached hydrogen (secondary N) is 1. The summed E-state index contributed by atoms with van der Waals surface area (Å²) >= 11 is 0. The van der Waals surface area contributed by atoms with Crippen molar-refractivity contribution < 1.29 is 0 Å². The molecule has 0 spiro atoms. The maximum Gasteiger partial charge on any atom is 0.0663 e. The fourth-order valence-corrected chi connectivity index (χ4v) is 1.79. The lowest BCUT2D eigenvalue weighted by Gasteiger charge is -2.31. The van der Waals surface area contributed by atoms with Crippen molar-refractivity contribution in [3.63, 3.8) is 0 Å². The number of hydrogen-bond donors (Lipinski definition) is 2. The lowest BCUT2D eigenvalue weighted by Crippen LogP contribution is -2.53. The molecule has 2 heteroatoms. The molecule has 0 aliphatic rings. The van der Waals surface area contributed by atoms with Gasteiger partial charge >= 0.3 is 0 Å². The summed E-state index contributed by atoms with van der Waals surface area (Å²) < 4.78 is 0. The number of terminal acetylenes is 1. The molecule has 2 atom stereocenters. The van der Waals surface area contributed by atoms with Gasteiger partial charge in [0.2, 0.25) is 0 Å². The molecular formula is C14H20N2. The fourth-order valence-electron chi connectivity index (χ4n) is 1.79. The summed E-state index contributed by atoms with van der Waals surface area (Å²) in [7, 11) is 0. The van der Waals surface area contributed by atoms with E-state index < -0.39 is 0 Å². The number of hydrogen-bond acceptors (Lipinski definition) is 2. The maximum absolute atomic E-state index is 5.83. The summed E-state index contributed by atoms with van der Waals surface area (Å²) in [4.78, 5) is 0. The van der Waals surface area contributed by atoms with Gasteiger partial charge in [-0.1, -0.05) is 36.3 Å². The Morgan fingerprint density at radius 2 is 2.06 bits per heavy atom. The second kappa shape index (κ2) is 5.69. The van der Waals surface area contributed by atoms with Crippen LogP contribution in [-0.4, -0.2) is 18.1 Å². The summed E-state index contributed by atoms with van der Waals surface area (Å²) in [5.74, 6) is 2.67. The van der Waals surface area contributed by atoms with Crippen LogP contribution in [0.4, 0.5) is 0 Å². The van der Waals surface area contributed by atoms with E-state index in [1.165, 1.54) is 5.56 Å². The SMILES string of the molecule is C#CC(C)NC(C)(CN)Cc1ccccc1. The van der Waals surface area contributed by atoms with Crippen molar-refractivity contribution in [3.8, 4) is 12.3 Å². The predicted octanol–water partition coefficient (Wildman–Crippen LogP) is 1.56. The molecule has 16 heavy (non-hydrogen) atoms. The van der Waals surface area contributed by atoms with E-state index in [1.54, 1.807) is 0 Å². The van der Waals surface area contributed by atoms with Crippen LogP contribution in [0.1, 0.15) is 19.4 Å². The van der Waals surface area contributed by atoms with Crippen molar-refractivity contribution in [1.29, 1.82) is 0 Å². The van der Waals surface area contributed by atoms with Crippen molar-refractivity contribution >= 4 is 0 Å².